The van der Waals surface area contributed by atoms with Crippen molar-refractivity contribution in [2.45, 2.75) is 71.4 Å². The van der Waals surface area contributed by atoms with E-state index in [4.69, 9.17) is 39.9 Å². The van der Waals surface area contributed by atoms with Crippen LogP contribution in [0.5, 0.6) is 0 Å². The summed E-state index contributed by atoms with van der Waals surface area (Å²) in [5.41, 5.74) is 5.29. The monoisotopic (exact) mass is 646 g/mol. The van der Waals surface area contributed by atoms with Crippen molar-refractivity contribution in [2.75, 3.05) is 12.3 Å². The molecule has 2 N–H and O–H groups in total. The third-order valence-corrected chi connectivity index (χ3v) is 13.2. The largest absolute Gasteiger partial charge is 0.310 e. The van der Waals surface area contributed by atoms with Crippen LogP contribution in [0.25, 0.3) is 16.9 Å². The summed E-state index contributed by atoms with van der Waals surface area (Å²) < 4.78 is 31.0. The number of hydrogen-bond donors (Lipinski definition) is 2. The number of nitrogens with one attached hydrogen (secondary N) is 2. The Morgan fingerprint density at radius 1 is 0.976 bits per heavy atom. The minimum Gasteiger partial charge on any atom is -0.310 e. The molecule has 5 unspecified atom stereocenters. The molecule has 0 aliphatic heterocycles. The molecule has 1 aromatic heterocycles. The molecule has 1 spiro atoms. The van der Waals surface area contributed by atoms with Crippen molar-refractivity contribution < 1.29 is 8.42 Å². The molecule has 10 heteroatoms. The van der Waals surface area contributed by atoms with E-state index in [1.807, 2.05) is 37.3 Å². The summed E-state index contributed by atoms with van der Waals surface area (Å²) in [5.74, 6) is 0.837. The van der Waals surface area contributed by atoms with Gasteiger partial charge in [-0.15, -0.1) is 0 Å². The van der Waals surface area contributed by atoms with Crippen LogP contribution in [0, 0.1) is 29.1 Å². The van der Waals surface area contributed by atoms with Crippen LogP contribution in [0.15, 0.2) is 42.5 Å². The van der Waals surface area contributed by atoms with Crippen molar-refractivity contribution in [1.29, 1.82) is 0 Å². The van der Waals surface area contributed by atoms with Gasteiger partial charge in [-0.25, -0.2) is 17.8 Å². The standard InChI is InChI=1S/C32H37Cl3N4O2S/c1-20-26(38-39(27-9-8-24(34)12-25(27)35)28(20)21-4-6-23(33)7-5-21)15-37-42(40,41)11-10-36-31-14-22-13-30(3)16-29(2,17-31)18-32(22,30)19-31/h4-9,12,22,36-37H,10-11,13-19H2,1-3H3. The number of aromatic nitrogens is 2. The van der Waals surface area contributed by atoms with Gasteiger partial charge in [0.2, 0.25) is 10.0 Å². The van der Waals surface area contributed by atoms with Gasteiger partial charge in [0, 0.05) is 33.3 Å². The van der Waals surface area contributed by atoms with Crippen molar-refractivity contribution in [1.82, 2.24) is 19.8 Å². The molecule has 4 aliphatic rings. The highest BCUT2D eigenvalue weighted by Crippen LogP contribution is 2.84. The summed E-state index contributed by atoms with van der Waals surface area (Å²) in [5, 5.41) is 10.2. The summed E-state index contributed by atoms with van der Waals surface area (Å²) in [7, 11) is -3.54. The van der Waals surface area contributed by atoms with E-state index < -0.39 is 10.0 Å². The summed E-state index contributed by atoms with van der Waals surface area (Å²) in [6.07, 6.45) is 7.60. The van der Waals surface area contributed by atoms with Gasteiger partial charge >= 0.3 is 0 Å². The Labute approximate surface area is 263 Å². The molecular formula is C32H37Cl3N4O2S. The molecule has 0 radical (unpaired) electrons. The molecule has 5 atom stereocenters. The minimum absolute atomic E-state index is 0.0349. The van der Waals surface area contributed by atoms with Crippen LogP contribution in [0.1, 0.15) is 63.6 Å². The zero-order chi connectivity index (χ0) is 29.7. The lowest BCUT2D eigenvalue weighted by molar-refractivity contribution is -0.0862. The maximum atomic E-state index is 13.2. The number of benzene rings is 2. The minimum atomic E-state index is -3.54. The first kappa shape index (κ1) is 29.1. The highest BCUT2D eigenvalue weighted by Gasteiger charge is 2.78. The zero-order valence-electron chi connectivity index (χ0n) is 24.2. The van der Waals surface area contributed by atoms with E-state index in [-0.39, 0.29) is 17.8 Å². The molecule has 2 aromatic carbocycles. The molecule has 7 rings (SSSR count). The Bertz CT molecular complexity index is 1690. The van der Waals surface area contributed by atoms with E-state index in [2.05, 4.69) is 23.9 Å². The number of rotatable bonds is 9. The lowest BCUT2D eigenvalue weighted by Crippen LogP contribution is -2.52. The van der Waals surface area contributed by atoms with Gasteiger partial charge in [-0.3, -0.25) is 0 Å². The van der Waals surface area contributed by atoms with Crippen LogP contribution in [0.4, 0.5) is 0 Å². The summed E-state index contributed by atoms with van der Waals surface area (Å²) in [6.45, 7) is 7.45. The van der Waals surface area contributed by atoms with Gasteiger partial charge < -0.3 is 5.32 Å². The van der Waals surface area contributed by atoms with Gasteiger partial charge in [0.15, 0.2) is 0 Å². The molecule has 4 saturated carbocycles. The molecule has 4 fully saturated rings. The fourth-order valence-electron chi connectivity index (χ4n) is 9.97. The van der Waals surface area contributed by atoms with Crippen LogP contribution in [-0.2, 0) is 16.6 Å². The average molecular weight is 648 g/mol. The first-order valence-corrected chi connectivity index (χ1v) is 17.6. The second kappa shape index (κ2) is 9.69. The lowest BCUT2D eigenvalue weighted by Gasteiger charge is -2.57. The number of fused-ring (bicyclic) bond motifs is 2. The second-order valence-electron chi connectivity index (χ2n) is 14.1. The van der Waals surface area contributed by atoms with Crippen molar-refractivity contribution in [3.8, 4) is 16.9 Å². The highest BCUT2D eigenvalue weighted by molar-refractivity contribution is 7.89. The van der Waals surface area contributed by atoms with E-state index >= 15 is 0 Å². The smallest absolute Gasteiger partial charge is 0.213 e. The Morgan fingerprint density at radius 3 is 2.45 bits per heavy atom. The number of halogens is 3. The average Bonchev–Trinajstić information content (AvgIpc) is 3.36. The van der Waals surface area contributed by atoms with Gasteiger partial charge in [-0.05, 0) is 97.9 Å². The van der Waals surface area contributed by atoms with Gasteiger partial charge in [-0.2, -0.15) is 5.10 Å². The van der Waals surface area contributed by atoms with Gasteiger partial charge in [0.05, 0.1) is 34.4 Å². The van der Waals surface area contributed by atoms with Crippen LogP contribution in [-0.4, -0.2) is 36.0 Å². The van der Waals surface area contributed by atoms with Crippen LogP contribution in [0.3, 0.4) is 0 Å². The van der Waals surface area contributed by atoms with Gasteiger partial charge in [0.25, 0.3) is 0 Å². The maximum absolute atomic E-state index is 13.2. The molecule has 42 heavy (non-hydrogen) atoms. The molecule has 4 aliphatic carbocycles. The topological polar surface area (TPSA) is 76.0 Å². The third kappa shape index (κ3) is 4.57. The van der Waals surface area contributed by atoms with Crippen LogP contribution in [0.2, 0.25) is 15.1 Å². The molecule has 3 bridgehead atoms. The fourth-order valence-corrected chi connectivity index (χ4v) is 11.5. The fraction of sp³-hybridized carbons (Fsp3) is 0.531. The van der Waals surface area contributed by atoms with E-state index in [0.717, 1.165) is 22.7 Å². The SMILES string of the molecule is Cc1c(CNS(=O)(=O)CCNC23CC4CC5(C)CC(C)(C2)CC45C3)nn(-c2ccc(Cl)cc2Cl)c1-c1ccc(Cl)cc1. The third-order valence-electron chi connectivity index (χ3n) is 11.1. The molecule has 0 amide bonds. The second-order valence-corrected chi connectivity index (χ2v) is 17.3. The number of hydrogen-bond acceptors (Lipinski definition) is 4. The van der Waals surface area contributed by atoms with Gasteiger partial charge in [0.1, 0.15) is 0 Å². The number of nitrogens with zero attached hydrogens (tertiary/aromatic N) is 2. The first-order chi connectivity index (χ1) is 19.8. The van der Waals surface area contributed by atoms with Gasteiger partial charge in [-0.1, -0.05) is 60.8 Å². The normalized spacial score (nSPS) is 32.8. The van der Waals surface area contributed by atoms with E-state index in [0.29, 0.717) is 49.2 Å². The molecular weight excluding hydrogens is 611 g/mol. The Balaban J connectivity index is 1.07. The number of sulfonamides is 1. The van der Waals surface area contributed by atoms with Crippen molar-refractivity contribution in [2.24, 2.45) is 22.2 Å². The maximum Gasteiger partial charge on any atom is 0.213 e. The van der Waals surface area contributed by atoms with Crippen LogP contribution < -0.4 is 10.0 Å². The molecule has 6 nitrogen and oxygen atoms in total. The molecule has 0 saturated heterocycles. The first-order valence-electron chi connectivity index (χ1n) is 14.8. The van der Waals surface area contributed by atoms with E-state index in [1.165, 1.54) is 38.5 Å². The molecule has 3 aromatic rings. The summed E-state index contributed by atoms with van der Waals surface area (Å²) >= 11 is 18.9. The lowest BCUT2D eigenvalue weighted by atomic mass is 9.47. The Hall–Kier alpha value is -1.61. The Morgan fingerprint density at radius 2 is 1.71 bits per heavy atom. The quantitative estimate of drug-likeness (QED) is 0.251. The zero-order valence-corrected chi connectivity index (χ0v) is 27.3. The van der Waals surface area contributed by atoms with Crippen molar-refractivity contribution in [3.05, 3.63) is 68.8 Å². The van der Waals surface area contributed by atoms with E-state index in [1.54, 1.807) is 16.8 Å². The summed E-state index contributed by atoms with van der Waals surface area (Å²) in [4.78, 5) is 0. The molecule has 224 valence electrons. The predicted octanol–water partition coefficient (Wildman–Crippen LogP) is 7.57. The van der Waals surface area contributed by atoms with Crippen LogP contribution >= 0.6 is 34.8 Å². The van der Waals surface area contributed by atoms with Crippen molar-refractivity contribution in [3.63, 3.8) is 0 Å². The molecule has 1 heterocycles. The van der Waals surface area contributed by atoms with Crippen molar-refractivity contribution >= 4 is 44.8 Å². The predicted molar refractivity (Wildman–Crippen MR) is 170 cm³/mol. The Kier molecular flexibility index (Phi) is 6.72. The van der Waals surface area contributed by atoms with E-state index in [9.17, 15) is 8.42 Å². The highest BCUT2D eigenvalue weighted by atomic mass is 35.5. The summed E-state index contributed by atoms with van der Waals surface area (Å²) in [6, 6.07) is 12.7.